The molecular formula is C82H106N2O6. The summed E-state index contributed by atoms with van der Waals surface area (Å²) in [5.74, 6) is 8.53. The summed E-state index contributed by atoms with van der Waals surface area (Å²) < 4.78 is 13.4. The van der Waals surface area contributed by atoms with Gasteiger partial charge < -0.3 is 9.47 Å². The van der Waals surface area contributed by atoms with Crippen LogP contribution in [-0.4, -0.2) is 71.9 Å². The van der Waals surface area contributed by atoms with Gasteiger partial charge in [-0.3, -0.25) is 29.0 Å². The van der Waals surface area contributed by atoms with Crippen molar-refractivity contribution in [2.45, 2.75) is 223 Å². The molecule has 0 radical (unpaired) electrons. The summed E-state index contributed by atoms with van der Waals surface area (Å²) in [5, 5.41) is 6.70. The maximum atomic E-state index is 14.6. The van der Waals surface area contributed by atoms with E-state index in [0.717, 1.165) is 142 Å². The number of allylic oxidation sites excluding steroid dienone is 2. The molecule has 0 saturated heterocycles. The predicted molar refractivity (Wildman–Crippen MR) is 364 cm³/mol. The summed E-state index contributed by atoms with van der Waals surface area (Å²) in [4.78, 5) is 61.3. The zero-order valence-electron chi connectivity index (χ0n) is 56.6. The number of hydrogen-bond acceptors (Lipinski definition) is 6. The molecule has 2 aliphatic heterocycles. The van der Waals surface area contributed by atoms with Crippen LogP contribution in [0.5, 0.6) is 0 Å². The number of carbonyl (C=O) groups excluding carboxylic acids is 4. The number of hydrogen-bond donors (Lipinski definition) is 0. The number of benzene rings is 5. The number of imide groups is 2. The van der Waals surface area contributed by atoms with E-state index in [1.54, 1.807) is 11.1 Å². The van der Waals surface area contributed by atoms with Gasteiger partial charge in [-0.25, -0.2) is 0 Å². The molecule has 8 heteroatoms. The third-order valence-corrected chi connectivity index (χ3v) is 28.7. The zero-order chi connectivity index (χ0) is 62.5. The van der Waals surface area contributed by atoms with Crippen molar-refractivity contribution in [3.8, 4) is 0 Å². The van der Waals surface area contributed by atoms with Crippen LogP contribution in [0.15, 0.2) is 71.8 Å². The number of carbonyl (C=O) groups is 4. The third-order valence-electron chi connectivity index (χ3n) is 28.7. The summed E-state index contributed by atoms with van der Waals surface area (Å²) in [7, 11) is 0. The molecule has 8 nitrogen and oxygen atoms in total. The van der Waals surface area contributed by atoms with Crippen LogP contribution in [-0.2, 0) is 9.47 Å². The molecule has 480 valence electrons. The second-order valence-electron chi connectivity index (χ2n) is 33.7. The summed E-state index contributed by atoms with van der Waals surface area (Å²) in [5.41, 5.74) is 6.68. The van der Waals surface area contributed by atoms with Crippen LogP contribution in [0.4, 0.5) is 0 Å². The van der Waals surface area contributed by atoms with E-state index in [1.165, 1.54) is 113 Å². The van der Waals surface area contributed by atoms with Crippen LogP contribution < -0.4 is 0 Å². The zero-order valence-corrected chi connectivity index (χ0v) is 56.6. The fourth-order valence-electron chi connectivity index (χ4n) is 24.0. The molecule has 10 aliphatic rings. The highest BCUT2D eigenvalue weighted by Crippen LogP contribution is 2.69. The van der Waals surface area contributed by atoms with E-state index in [4.69, 9.17) is 9.47 Å². The summed E-state index contributed by atoms with van der Waals surface area (Å²) >= 11 is 0. The van der Waals surface area contributed by atoms with Crippen molar-refractivity contribution in [3.63, 3.8) is 0 Å². The number of nitrogens with zero attached hydrogens (tertiary/aromatic N) is 2. The lowest BCUT2D eigenvalue weighted by Gasteiger charge is -2.58. The van der Waals surface area contributed by atoms with Crippen molar-refractivity contribution in [2.24, 2.45) is 92.7 Å². The molecular weight excluding hydrogens is 1110 g/mol. The van der Waals surface area contributed by atoms with Gasteiger partial charge >= 0.3 is 0 Å². The highest BCUT2D eigenvalue weighted by Gasteiger charge is 2.61. The van der Waals surface area contributed by atoms with Gasteiger partial charge in [0.05, 0.1) is 38.5 Å². The first-order chi connectivity index (χ1) is 43.2. The Labute approximate surface area is 538 Å². The Balaban J connectivity index is 0.588. The first-order valence-electron chi connectivity index (χ1n) is 36.8. The standard InChI is InChI=1S/C82H106N2O6/c1-47(2)13-11-15-49(5)65-29-31-67-59-19-17-51-45-53(33-37-79(51,7)69(59)35-39-81(65,67)9)89-43-41-83-75(85)61-25-21-55-57-23-27-63-74-64(28-24-58(72(57)74)56-22-26-62(76(83)86)73(61)71(55)56)78(88)84(77(63)87)42-44-90-54-34-38-80(8)52(46-54)18-20-60-68-32-30-66(50(6)16-12-14-48(3)4)82(68,10)40-36-70(60)80/h17-18,21-28,47-50,53-54,59-60,65-70H,11-16,19-20,29-46H2,1-10H3/t49-,50-,53+,54+,59+,60+,65-,66-,67+,68+,69+,70+,79+,80+,81-,82-/m1/s1. The van der Waals surface area contributed by atoms with Gasteiger partial charge in [0.25, 0.3) is 23.6 Å². The monoisotopic (exact) mass is 1210 g/mol. The highest BCUT2D eigenvalue weighted by molar-refractivity contribution is 6.41. The van der Waals surface area contributed by atoms with E-state index < -0.39 is 0 Å². The molecule has 5 aromatic rings. The molecule has 0 bridgehead atoms. The maximum absolute atomic E-state index is 14.6. The first-order valence-corrected chi connectivity index (χ1v) is 36.8. The van der Waals surface area contributed by atoms with Crippen LogP contribution in [0.25, 0.3) is 43.1 Å². The largest absolute Gasteiger partial charge is 0.376 e. The molecule has 2 heterocycles. The van der Waals surface area contributed by atoms with E-state index in [0.29, 0.717) is 57.1 Å². The molecule has 8 aliphatic carbocycles. The van der Waals surface area contributed by atoms with E-state index in [-0.39, 0.29) is 59.8 Å². The lowest BCUT2D eigenvalue weighted by molar-refractivity contribution is -0.0643. The molecule has 90 heavy (non-hydrogen) atoms. The van der Waals surface area contributed by atoms with Gasteiger partial charge in [0.2, 0.25) is 0 Å². The third kappa shape index (κ3) is 9.47. The Kier molecular flexibility index (Phi) is 15.6. The smallest absolute Gasteiger partial charge is 0.261 e. The van der Waals surface area contributed by atoms with Gasteiger partial charge in [-0.2, -0.15) is 0 Å². The van der Waals surface area contributed by atoms with Crippen molar-refractivity contribution in [1.29, 1.82) is 0 Å². The quantitative estimate of drug-likeness (QED) is 0.0376. The molecule has 15 rings (SSSR count). The minimum atomic E-state index is -0.287. The number of amides is 4. The van der Waals surface area contributed by atoms with E-state index in [9.17, 15) is 19.2 Å². The van der Waals surface area contributed by atoms with Crippen LogP contribution in [0.2, 0.25) is 0 Å². The van der Waals surface area contributed by atoms with E-state index in [2.05, 4.69) is 81.4 Å². The second kappa shape index (κ2) is 22.9. The van der Waals surface area contributed by atoms with Gasteiger partial charge in [0.15, 0.2) is 0 Å². The molecule has 0 aromatic heterocycles. The Morgan fingerprint density at radius 3 is 1.16 bits per heavy atom. The van der Waals surface area contributed by atoms with Crippen LogP contribution in [0, 0.1) is 92.7 Å². The maximum Gasteiger partial charge on any atom is 0.261 e. The molecule has 0 spiro atoms. The SMILES string of the molecule is CC(C)CCC[C@@H](C)[C@H]1CC[C@H]2[C@@H]3CC=C4C[C@@H](OCCN5C(=O)c6ccc7c8ccc9c%10c(ccc(c%11ccc(c6c7%11)C5=O)c%108)C(=O)N(CCO[C@H]5CC[C@@]6(C)C(=CC[C@H]7[C@@H]8CC[C@H]([C@H](C)CCCC(C)C)[C@@]8(C)CC[C@@H]76)C5)C9=O)CC[C@]4(C)[C@H]3CC[C@]12C. The number of rotatable bonds is 18. The molecule has 4 amide bonds. The Hall–Kier alpha value is -4.92. The lowest BCUT2D eigenvalue weighted by atomic mass is 9.47. The molecule has 0 N–H and O–H groups in total. The average molecular weight is 1220 g/mol. The number of ether oxygens (including phenoxy) is 2. The number of fused-ring (bicyclic) bond motifs is 12. The van der Waals surface area contributed by atoms with E-state index in [1.807, 2.05) is 48.5 Å². The minimum Gasteiger partial charge on any atom is -0.376 e. The average Bonchev–Trinajstić information content (AvgIpc) is 0.834. The Morgan fingerprint density at radius 2 is 0.800 bits per heavy atom. The normalized spacial score (nSPS) is 35.3. The second-order valence-corrected chi connectivity index (χ2v) is 33.7. The molecule has 6 saturated carbocycles. The summed E-state index contributed by atoms with van der Waals surface area (Å²) in [6, 6.07) is 15.5. The van der Waals surface area contributed by atoms with Crippen molar-refractivity contribution < 1.29 is 28.7 Å². The van der Waals surface area contributed by atoms with Gasteiger partial charge in [-0.05, 0) is 252 Å². The van der Waals surface area contributed by atoms with Gasteiger partial charge in [0.1, 0.15) is 0 Å². The van der Waals surface area contributed by atoms with Gasteiger partial charge in [0, 0.05) is 33.0 Å². The molecule has 16 atom stereocenters. The molecule has 5 aromatic carbocycles. The van der Waals surface area contributed by atoms with Crippen LogP contribution in [0.1, 0.15) is 252 Å². The predicted octanol–water partition coefficient (Wildman–Crippen LogP) is 19.8. The minimum absolute atomic E-state index is 0.0804. The van der Waals surface area contributed by atoms with E-state index >= 15 is 0 Å². The van der Waals surface area contributed by atoms with Crippen LogP contribution >= 0.6 is 0 Å². The fourth-order valence-corrected chi connectivity index (χ4v) is 24.0. The fraction of sp³-hybridized carbons (Fsp3) is 0.659. The summed E-state index contributed by atoms with van der Waals surface area (Å²) in [6.07, 6.45) is 33.3. The van der Waals surface area contributed by atoms with Crippen molar-refractivity contribution in [3.05, 3.63) is 94.1 Å². The van der Waals surface area contributed by atoms with Crippen molar-refractivity contribution >= 4 is 66.7 Å². The summed E-state index contributed by atoms with van der Waals surface area (Å²) in [6.45, 7) is 26.2. The lowest BCUT2D eigenvalue weighted by Crippen LogP contribution is -2.51. The first kappa shape index (κ1) is 61.3. The molecule has 0 unspecified atom stereocenters. The van der Waals surface area contributed by atoms with Crippen molar-refractivity contribution in [2.75, 3.05) is 26.3 Å². The topological polar surface area (TPSA) is 93.2 Å². The Bertz CT molecular complexity index is 3400. The van der Waals surface area contributed by atoms with Gasteiger partial charge in [-0.1, -0.05) is 155 Å². The highest BCUT2D eigenvalue weighted by atomic mass is 16.5. The molecule has 6 fully saturated rings. The Morgan fingerprint density at radius 1 is 0.433 bits per heavy atom. The van der Waals surface area contributed by atoms with Gasteiger partial charge in [-0.15, -0.1) is 0 Å². The van der Waals surface area contributed by atoms with Crippen molar-refractivity contribution in [1.82, 2.24) is 9.80 Å². The van der Waals surface area contributed by atoms with Crippen LogP contribution in [0.3, 0.4) is 0 Å².